The van der Waals surface area contributed by atoms with E-state index >= 15 is 0 Å². The summed E-state index contributed by atoms with van der Waals surface area (Å²) < 4.78 is 0. The molecule has 2 aliphatic rings. The van der Waals surface area contributed by atoms with Gasteiger partial charge in [0.25, 0.3) is 0 Å². The summed E-state index contributed by atoms with van der Waals surface area (Å²) in [4.78, 5) is 18.0. The van der Waals surface area contributed by atoms with Gasteiger partial charge in [-0.25, -0.2) is 4.98 Å². The first kappa shape index (κ1) is 14.1. The average molecular weight is 355 g/mol. The van der Waals surface area contributed by atoms with Gasteiger partial charge in [0.1, 0.15) is 5.15 Å². The van der Waals surface area contributed by atoms with Crippen molar-refractivity contribution >= 4 is 11.6 Å². The Bertz CT molecular complexity index is 1170. The van der Waals surface area contributed by atoms with Crippen LogP contribution < -0.4 is 0 Å². The van der Waals surface area contributed by atoms with E-state index in [-0.39, 0.29) is 0 Å². The second-order valence-corrected chi connectivity index (χ2v) is 6.85. The van der Waals surface area contributed by atoms with Crippen molar-refractivity contribution in [3.63, 3.8) is 0 Å². The van der Waals surface area contributed by atoms with E-state index in [1.807, 2.05) is 36.9 Å². The molecule has 0 saturated carbocycles. The number of aromatic nitrogens is 4. The summed E-state index contributed by atoms with van der Waals surface area (Å²) in [6.07, 6.45) is 9.12. The SMILES string of the molecule is Clc1nccc2c1-c1cnccc1C21c2cccnc2-c2ncccc21. The number of nitrogens with zero attached hydrogens (tertiary/aromatic N) is 4. The molecule has 0 N–H and O–H groups in total. The quantitative estimate of drug-likeness (QED) is 0.382. The molecule has 1 spiro atoms. The first-order chi connectivity index (χ1) is 12.8. The maximum absolute atomic E-state index is 6.54. The number of hydrogen-bond donors (Lipinski definition) is 0. The van der Waals surface area contributed by atoms with Crippen LogP contribution in [0.2, 0.25) is 5.15 Å². The van der Waals surface area contributed by atoms with Gasteiger partial charge in [-0.15, -0.1) is 0 Å². The van der Waals surface area contributed by atoms with Crippen LogP contribution in [0.1, 0.15) is 22.3 Å². The number of fused-ring (bicyclic) bond motifs is 10. The van der Waals surface area contributed by atoms with E-state index in [2.05, 4.69) is 44.2 Å². The summed E-state index contributed by atoms with van der Waals surface area (Å²) in [6, 6.07) is 12.4. The van der Waals surface area contributed by atoms with Gasteiger partial charge in [0.05, 0.1) is 16.8 Å². The number of pyridine rings is 4. The molecule has 4 nitrogen and oxygen atoms in total. The van der Waals surface area contributed by atoms with E-state index in [4.69, 9.17) is 11.6 Å². The van der Waals surface area contributed by atoms with Gasteiger partial charge >= 0.3 is 0 Å². The third-order valence-electron chi connectivity index (χ3n) is 5.45. The van der Waals surface area contributed by atoms with Gasteiger partial charge < -0.3 is 0 Å². The van der Waals surface area contributed by atoms with Crippen molar-refractivity contribution in [2.24, 2.45) is 0 Å². The molecule has 0 atom stereocenters. The Morgan fingerprint density at radius 3 is 2.12 bits per heavy atom. The molecule has 4 aromatic heterocycles. The Labute approximate surface area is 154 Å². The lowest BCUT2D eigenvalue weighted by molar-refractivity contribution is 0.786. The van der Waals surface area contributed by atoms with Crippen LogP contribution in [0.4, 0.5) is 0 Å². The third kappa shape index (κ3) is 1.43. The van der Waals surface area contributed by atoms with Gasteiger partial charge in [-0.05, 0) is 46.5 Å². The van der Waals surface area contributed by atoms with Crippen molar-refractivity contribution in [1.29, 1.82) is 0 Å². The van der Waals surface area contributed by atoms with Crippen molar-refractivity contribution in [2.45, 2.75) is 5.41 Å². The molecule has 0 aliphatic heterocycles. The lowest BCUT2D eigenvalue weighted by Gasteiger charge is -2.29. The van der Waals surface area contributed by atoms with Gasteiger partial charge in [0.15, 0.2) is 0 Å². The molecular formula is C21H11ClN4. The van der Waals surface area contributed by atoms with Gasteiger partial charge in [-0.2, -0.15) is 0 Å². The molecule has 4 aromatic rings. The molecule has 122 valence electrons. The standard InChI is InChI=1S/C21H11ClN4/c22-20-17-12-11-23-9-5-13(12)21(14(17)6-10-26-20)15-3-1-7-24-18(15)19-16(21)4-2-8-25-19/h1-11H. The summed E-state index contributed by atoms with van der Waals surface area (Å²) in [5, 5.41) is 0.497. The largest absolute Gasteiger partial charge is 0.264 e. The highest BCUT2D eigenvalue weighted by atomic mass is 35.5. The van der Waals surface area contributed by atoms with Crippen molar-refractivity contribution in [1.82, 2.24) is 19.9 Å². The van der Waals surface area contributed by atoms with Crippen molar-refractivity contribution in [3.8, 4) is 22.5 Å². The Hall–Kier alpha value is -3.11. The highest BCUT2D eigenvalue weighted by Crippen LogP contribution is 2.62. The minimum atomic E-state index is -0.479. The monoisotopic (exact) mass is 354 g/mol. The van der Waals surface area contributed by atoms with Crippen LogP contribution in [0.15, 0.2) is 67.4 Å². The minimum Gasteiger partial charge on any atom is -0.264 e. The van der Waals surface area contributed by atoms with E-state index in [9.17, 15) is 0 Å². The molecule has 6 rings (SSSR count). The molecule has 5 heteroatoms. The Morgan fingerprint density at radius 1 is 0.692 bits per heavy atom. The van der Waals surface area contributed by atoms with Crippen LogP contribution in [0.3, 0.4) is 0 Å². The zero-order chi connectivity index (χ0) is 17.3. The smallest absolute Gasteiger partial charge is 0.137 e. The summed E-state index contributed by atoms with van der Waals surface area (Å²) >= 11 is 6.54. The fourth-order valence-electron chi connectivity index (χ4n) is 4.59. The van der Waals surface area contributed by atoms with Crippen molar-refractivity contribution < 1.29 is 0 Å². The zero-order valence-corrected chi connectivity index (χ0v) is 14.3. The number of halogens is 1. The Balaban J connectivity index is 1.89. The first-order valence-corrected chi connectivity index (χ1v) is 8.72. The maximum Gasteiger partial charge on any atom is 0.137 e. The summed E-state index contributed by atoms with van der Waals surface area (Å²) in [7, 11) is 0. The van der Waals surface area contributed by atoms with Crippen molar-refractivity contribution in [2.75, 3.05) is 0 Å². The summed E-state index contributed by atoms with van der Waals surface area (Å²) in [6.45, 7) is 0. The molecule has 0 radical (unpaired) electrons. The Morgan fingerprint density at radius 2 is 1.38 bits per heavy atom. The van der Waals surface area contributed by atoms with Gasteiger partial charge in [0, 0.05) is 42.1 Å². The van der Waals surface area contributed by atoms with E-state index in [0.29, 0.717) is 5.15 Å². The predicted octanol–water partition coefficient (Wildman–Crippen LogP) is 4.26. The van der Waals surface area contributed by atoms with Crippen LogP contribution in [-0.4, -0.2) is 19.9 Å². The fraction of sp³-hybridized carbons (Fsp3) is 0.0476. The topological polar surface area (TPSA) is 51.6 Å². The third-order valence-corrected chi connectivity index (χ3v) is 5.74. The Kier molecular flexibility index (Phi) is 2.57. The normalized spacial score (nSPS) is 14.7. The molecule has 0 saturated heterocycles. The molecule has 0 amide bonds. The molecule has 0 aromatic carbocycles. The average Bonchev–Trinajstić information content (AvgIpc) is 3.16. The predicted molar refractivity (Wildman–Crippen MR) is 98.9 cm³/mol. The van der Waals surface area contributed by atoms with Crippen LogP contribution >= 0.6 is 11.6 Å². The second-order valence-electron chi connectivity index (χ2n) is 6.49. The molecule has 0 unspecified atom stereocenters. The zero-order valence-electron chi connectivity index (χ0n) is 13.5. The number of rotatable bonds is 0. The summed E-state index contributed by atoms with van der Waals surface area (Å²) in [5.74, 6) is 0. The lowest BCUT2D eigenvalue weighted by atomic mass is 9.71. The van der Waals surface area contributed by atoms with Crippen LogP contribution in [0.5, 0.6) is 0 Å². The summed E-state index contributed by atoms with van der Waals surface area (Å²) in [5.41, 5.74) is 7.85. The highest BCUT2D eigenvalue weighted by molar-refractivity contribution is 6.32. The van der Waals surface area contributed by atoms with Crippen molar-refractivity contribution in [3.05, 3.63) is 94.8 Å². The molecule has 0 bridgehead atoms. The maximum atomic E-state index is 6.54. The molecular weight excluding hydrogens is 344 g/mol. The van der Waals surface area contributed by atoms with Crippen LogP contribution in [0.25, 0.3) is 22.5 Å². The first-order valence-electron chi connectivity index (χ1n) is 8.34. The van der Waals surface area contributed by atoms with E-state index < -0.39 is 5.41 Å². The second kappa shape index (κ2) is 4.74. The van der Waals surface area contributed by atoms with Crippen LogP contribution in [0, 0.1) is 0 Å². The molecule has 2 aliphatic carbocycles. The van der Waals surface area contributed by atoms with E-state index in [0.717, 1.165) is 44.8 Å². The number of hydrogen-bond acceptors (Lipinski definition) is 4. The fourth-order valence-corrected chi connectivity index (χ4v) is 4.85. The minimum absolute atomic E-state index is 0.479. The van der Waals surface area contributed by atoms with Crippen LogP contribution in [-0.2, 0) is 5.41 Å². The molecule has 26 heavy (non-hydrogen) atoms. The molecule has 4 heterocycles. The van der Waals surface area contributed by atoms with E-state index in [1.165, 1.54) is 0 Å². The van der Waals surface area contributed by atoms with Gasteiger partial charge in [-0.3, -0.25) is 15.0 Å². The molecule has 0 fully saturated rings. The highest BCUT2D eigenvalue weighted by Gasteiger charge is 2.53. The van der Waals surface area contributed by atoms with E-state index in [1.54, 1.807) is 6.20 Å². The van der Waals surface area contributed by atoms with Gasteiger partial charge in [0.2, 0.25) is 0 Å². The van der Waals surface area contributed by atoms with Gasteiger partial charge in [-0.1, -0.05) is 23.7 Å². The lowest BCUT2D eigenvalue weighted by Crippen LogP contribution is -2.26.